The number of ether oxygens (including phenoxy) is 2. The number of β-amino-alcohol motifs (C(OH)–C–C–N with tert-alkyl or cyclic N) is 1. The third-order valence-corrected chi connectivity index (χ3v) is 4.98. The van der Waals surface area contributed by atoms with Gasteiger partial charge >= 0.3 is 6.09 Å². The lowest BCUT2D eigenvalue weighted by Gasteiger charge is -2.34. The number of likely N-dealkylation sites (tertiary alicyclic amines) is 1. The summed E-state index contributed by atoms with van der Waals surface area (Å²) in [6.45, 7) is 1.89. The van der Waals surface area contributed by atoms with E-state index in [2.05, 4.69) is 0 Å². The smallest absolute Gasteiger partial charge is 0.407 e. The van der Waals surface area contributed by atoms with Gasteiger partial charge in [-0.05, 0) is 49.1 Å². The number of carbonyl (C=O) groups is 1. The number of aliphatic hydroxyl groups is 1. The van der Waals surface area contributed by atoms with Gasteiger partial charge in [0.2, 0.25) is 0 Å². The molecule has 0 aromatic heterocycles. The van der Waals surface area contributed by atoms with Crippen LogP contribution in [0.4, 0.5) is 4.79 Å². The molecular formula is C22H27NO5. The number of hydrogen-bond acceptors (Lipinski definition) is 4. The van der Waals surface area contributed by atoms with E-state index < -0.39 is 12.2 Å². The molecule has 1 amide bonds. The Balaban J connectivity index is 1.37. The fourth-order valence-corrected chi connectivity index (χ4v) is 3.41. The molecule has 6 nitrogen and oxygen atoms in total. The Hall–Kier alpha value is -2.73. The highest BCUT2D eigenvalue weighted by Gasteiger charge is 2.30. The normalized spacial score (nSPS) is 19.2. The van der Waals surface area contributed by atoms with E-state index in [1.54, 1.807) is 0 Å². The van der Waals surface area contributed by atoms with Crippen LogP contribution in [-0.2, 0) is 0 Å². The van der Waals surface area contributed by atoms with E-state index in [-0.39, 0.29) is 12.5 Å². The standard InChI is InChI=1S/C22H27NO5/c24-21-16-23(22(25)26)13-12-20(21)17-8-10-19(11-9-17)28-15-5-4-14-27-18-6-2-1-3-7-18/h1-3,6-11,20-21,24H,4-5,12-16H2,(H,25,26). The fraction of sp³-hybridized carbons (Fsp3) is 0.409. The number of benzene rings is 2. The van der Waals surface area contributed by atoms with Gasteiger partial charge in [0.1, 0.15) is 11.5 Å². The summed E-state index contributed by atoms with van der Waals surface area (Å²) in [5.41, 5.74) is 1.01. The van der Waals surface area contributed by atoms with Gasteiger partial charge in [0.05, 0.1) is 25.9 Å². The SMILES string of the molecule is O=C(O)N1CCC(c2ccc(OCCCCOc3ccccc3)cc2)C(O)C1. The molecule has 0 spiro atoms. The number of rotatable bonds is 8. The van der Waals surface area contributed by atoms with Crippen molar-refractivity contribution < 1.29 is 24.5 Å². The van der Waals surface area contributed by atoms with Gasteiger partial charge in [-0.25, -0.2) is 4.79 Å². The number of unbranched alkanes of at least 4 members (excludes halogenated alkanes) is 1. The Kier molecular flexibility index (Phi) is 7.14. The number of amides is 1. The molecule has 0 saturated carbocycles. The molecule has 1 saturated heterocycles. The quantitative estimate of drug-likeness (QED) is 0.677. The predicted molar refractivity (Wildman–Crippen MR) is 106 cm³/mol. The molecule has 1 aliphatic heterocycles. The van der Waals surface area contributed by atoms with Crippen LogP contribution in [0.2, 0.25) is 0 Å². The lowest BCUT2D eigenvalue weighted by atomic mass is 9.87. The molecule has 2 aromatic rings. The van der Waals surface area contributed by atoms with Crippen molar-refractivity contribution >= 4 is 6.09 Å². The molecule has 2 atom stereocenters. The summed E-state index contributed by atoms with van der Waals surface area (Å²) in [6, 6.07) is 17.5. The Morgan fingerprint density at radius 3 is 2.14 bits per heavy atom. The van der Waals surface area contributed by atoms with E-state index in [9.17, 15) is 9.90 Å². The van der Waals surface area contributed by atoms with Crippen LogP contribution >= 0.6 is 0 Å². The van der Waals surface area contributed by atoms with Gasteiger partial charge in [-0.3, -0.25) is 0 Å². The minimum absolute atomic E-state index is 0.0419. The molecule has 2 aromatic carbocycles. The van der Waals surface area contributed by atoms with Crippen LogP contribution in [0.5, 0.6) is 11.5 Å². The van der Waals surface area contributed by atoms with Crippen molar-refractivity contribution in [2.45, 2.75) is 31.3 Å². The minimum Gasteiger partial charge on any atom is -0.494 e. The molecule has 1 fully saturated rings. The Morgan fingerprint density at radius 2 is 1.57 bits per heavy atom. The molecule has 0 bridgehead atoms. The first-order chi connectivity index (χ1) is 13.6. The van der Waals surface area contributed by atoms with E-state index in [1.165, 1.54) is 4.90 Å². The molecule has 2 N–H and O–H groups in total. The van der Waals surface area contributed by atoms with Gasteiger partial charge < -0.3 is 24.6 Å². The average molecular weight is 385 g/mol. The second-order valence-electron chi connectivity index (χ2n) is 6.98. The van der Waals surface area contributed by atoms with E-state index in [0.29, 0.717) is 26.2 Å². The first-order valence-electron chi connectivity index (χ1n) is 9.70. The summed E-state index contributed by atoms with van der Waals surface area (Å²) in [6.07, 6.45) is 0.786. The van der Waals surface area contributed by atoms with Crippen LogP contribution in [0.15, 0.2) is 54.6 Å². The molecule has 1 heterocycles. The van der Waals surface area contributed by atoms with E-state index in [0.717, 1.165) is 29.9 Å². The van der Waals surface area contributed by atoms with Crippen LogP contribution in [-0.4, -0.2) is 53.6 Å². The number of hydrogen-bond donors (Lipinski definition) is 2. The number of carboxylic acid groups (broad SMARTS) is 1. The molecule has 6 heteroatoms. The number of para-hydroxylation sites is 1. The molecule has 2 unspecified atom stereocenters. The first kappa shape index (κ1) is 20.0. The summed E-state index contributed by atoms with van der Waals surface area (Å²) < 4.78 is 11.4. The fourth-order valence-electron chi connectivity index (χ4n) is 3.41. The summed E-state index contributed by atoms with van der Waals surface area (Å²) in [7, 11) is 0. The zero-order valence-electron chi connectivity index (χ0n) is 15.9. The lowest BCUT2D eigenvalue weighted by Crippen LogP contribution is -2.45. The Morgan fingerprint density at radius 1 is 0.964 bits per heavy atom. The molecule has 0 radical (unpaired) electrons. The second kappa shape index (κ2) is 9.99. The maximum absolute atomic E-state index is 11.0. The molecule has 0 aliphatic carbocycles. The average Bonchev–Trinajstić information content (AvgIpc) is 2.72. The topological polar surface area (TPSA) is 79.2 Å². The number of nitrogens with zero attached hydrogens (tertiary/aromatic N) is 1. The molecule has 3 rings (SSSR count). The van der Waals surface area contributed by atoms with E-state index in [4.69, 9.17) is 14.6 Å². The van der Waals surface area contributed by atoms with Gasteiger partial charge in [-0.1, -0.05) is 30.3 Å². The van der Waals surface area contributed by atoms with Gasteiger partial charge in [0.25, 0.3) is 0 Å². The highest BCUT2D eigenvalue weighted by atomic mass is 16.5. The summed E-state index contributed by atoms with van der Waals surface area (Å²) in [4.78, 5) is 12.3. The molecular weight excluding hydrogens is 358 g/mol. The van der Waals surface area contributed by atoms with Crippen LogP contribution in [0.1, 0.15) is 30.7 Å². The molecule has 1 aliphatic rings. The van der Waals surface area contributed by atoms with Crippen molar-refractivity contribution in [3.8, 4) is 11.5 Å². The van der Waals surface area contributed by atoms with Crippen LogP contribution in [0.25, 0.3) is 0 Å². The maximum Gasteiger partial charge on any atom is 0.407 e. The Bertz CT molecular complexity index is 734. The summed E-state index contributed by atoms with van der Waals surface area (Å²) in [5, 5.41) is 19.3. The highest BCUT2D eigenvalue weighted by Crippen LogP contribution is 2.29. The van der Waals surface area contributed by atoms with Crippen LogP contribution in [0.3, 0.4) is 0 Å². The van der Waals surface area contributed by atoms with Crippen molar-refractivity contribution in [1.29, 1.82) is 0 Å². The van der Waals surface area contributed by atoms with Crippen molar-refractivity contribution in [2.24, 2.45) is 0 Å². The van der Waals surface area contributed by atoms with Crippen LogP contribution in [0, 0.1) is 0 Å². The summed E-state index contributed by atoms with van der Waals surface area (Å²) >= 11 is 0. The second-order valence-corrected chi connectivity index (χ2v) is 6.98. The third kappa shape index (κ3) is 5.63. The predicted octanol–water partition coefficient (Wildman–Crippen LogP) is 3.75. The largest absolute Gasteiger partial charge is 0.494 e. The number of piperidine rings is 1. The van der Waals surface area contributed by atoms with Crippen molar-refractivity contribution in [3.05, 3.63) is 60.2 Å². The van der Waals surface area contributed by atoms with Crippen LogP contribution < -0.4 is 9.47 Å². The zero-order chi connectivity index (χ0) is 19.8. The van der Waals surface area contributed by atoms with Gasteiger partial charge in [-0.15, -0.1) is 0 Å². The van der Waals surface area contributed by atoms with Gasteiger partial charge in [0, 0.05) is 12.5 Å². The van der Waals surface area contributed by atoms with Crippen molar-refractivity contribution in [2.75, 3.05) is 26.3 Å². The van der Waals surface area contributed by atoms with E-state index >= 15 is 0 Å². The highest BCUT2D eigenvalue weighted by molar-refractivity contribution is 5.65. The van der Waals surface area contributed by atoms with Gasteiger partial charge in [0.15, 0.2) is 0 Å². The molecule has 28 heavy (non-hydrogen) atoms. The maximum atomic E-state index is 11.0. The Labute approximate surface area is 165 Å². The third-order valence-electron chi connectivity index (χ3n) is 4.98. The monoisotopic (exact) mass is 385 g/mol. The first-order valence-corrected chi connectivity index (χ1v) is 9.70. The van der Waals surface area contributed by atoms with Crippen molar-refractivity contribution in [1.82, 2.24) is 4.90 Å². The minimum atomic E-state index is -0.976. The number of aliphatic hydroxyl groups excluding tert-OH is 1. The van der Waals surface area contributed by atoms with Gasteiger partial charge in [-0.2, -0.15) is 0 Å². The molecule has 150 valence electrons. The van der Waals surface area contributed by atoms with E-state index in [1.807, 2.05) is 54.6 Å². The summed E-state index contributed by atoms with van der Waals surface area (Å²) in [5.74, 6) is 1.64. The van der Waals surface area contributed by atoms with Crippen molar-refractivity contribution in [3.63, 3.8) is 0 Å². The lowest BCUT2D eigenvalue weighted by molar-refractivity contribution is 0.0504. The zero-order valence-corrected chi connectivity index (χ0v) is 15.9.